The van der Waals surface area contributed by atoms with Crippen LogP contribution in [-0.4, -0.2) is 72.7 Å². The van der Waals surface area contributed by atoms with Gasteiger partial charge >= 0.3 is 6.18 Å². The minimum absolute atomic E-state index is 0.234. The molecule has 0 bridgehead atoms. The van der Waals surface area contributed by atoms with Crippen LogP contribution in [0, 0.1) is 5.92 Å². The maximum absolute atomic E-state index is 12.7. The minimum Gasteiger partial charge on any atom is -0.357 e. The number of likely N-dealkylation sites (tertiary alicyclic amines) is 1. The lowest BCUT2D eigenvalue weighted by Gasteiger charge is -2.26. The van der Waals surface area contributed by atoms with E-state index in [2.05, 4.69) is 22.1 Å². The first kappa shape index (κ1) is 22.9. The summed E-state index contributed by atoms with van der Waals surface area (Å²) in [5, 5.41) is 4.42. The first-order valence-corrected chi connectivity index (χ1v) is 10.9. The summed E-state index contributed by atoms with van der Waals surface area (Å²) < 4.78 is 38.1. The normalized spacial score (nSPS) is 18.3. The van der Waals surface area contributed by atoms with Gasteiger partial charge in [-0.2, -0.15) is 13.2 Å². The van der Waals surface area contributed by atoms with Gasteiger partial charge in [-0.15, -0.1) is 11.3 Å². The van der Waals surface area contributed by atoms with E-state index in [1.165, 1.54) is 9.78 Å². The quantitative estimate of drug-likeness (QED) is 0.492. The van der Waals surface area contributed by atoms with E-state index in [1.54, 1.807) is 18.3 Å². The fourth-order valence-electron chi connectivity index (χ4n) is 3.41. The summed E-state index contributed by atoms with van der Waals surface area (Å²) >= 11 is 1.73. The Labute approximate surface area is 170 Å². The molecule has 28 heavy (non-hydrogen) atoms. The molecule has 0 spiro atoms. The van der Waals surface area contributed by atoms with Crippen molar-refractivity contribution < 1.29 is 13.2 Å². The third-order valence-corrected chi connectivity index (χ3v) is 6.03. The molecule has 9 heteroatoms. The van der Waals surface area contributed by atoms with Gasteiger partial charge in [-0.25, -0.2) is 4.98 Å². The Hall–Kier alpha value is -1.35. The summed E-state index contributed by atoms with van der Waals surface area (Å²) in [5.41, 5.74) is 0. The Morgan fingerprint density at radius 2 is 2.18 bits per heavy atom. The van der Waals surface area contributed by atoms with Gasteiger partial charge in [0.05, 0.1) is 11.6 Å². The van der Waals surface area contributed by atoms with Crippen LogP contribution in [0.5, 0.6) is 0 Å². The van der Waals surface area contributed by atoms with Crippen LogP contribution >= 0.6 is 11.3 Å². The number of aliphatic imine (C=N–C) groups is 1. The van der Waals surface area contributed by atoms with E-state index in [1.807, 2.05) is 13.1 Å². The number of nitrogens with zero attached hydrogens (tertiary/aromatic N) is 4. The fraction of sp³-hybridized carbons (Fsp3) is 0.789. The van der Waals surface area contributed by atoms with E-state index < -0.39 is 12.7 Å². The fourth-order valence-corrected chi connectivity index (χ4v) is 4.26. The van der Waals surface area contributed by atoms with E-state index >= 15 is 0 Å². The van der Waals surface area contributed by atoms with Crippen LogP contribution in [0.3, 0.4) is 0 Å². The van der Waals surface area contributed by atoms with Crippen LogP contribution in [0.25, 0.3) is 0 Å². The van der Waals surface area contributed by atoms with Gasteiger partial charge in [-0.1, -0.05) is 13.8 Å². The van der Waals surface area contributed by atoms with Crippen molar-refractivity contribution in [3.63, 3.8) is 0 Å². The van der Waals surface area contributed by atoms with Gasteiger partial charge in [0.2, 0.25) is 0 Å². The summed E-state index contributed by atoms with van der Waals surface area (Å²) in [4.78, 5) is 14.1. The molecule has 1 atom stereocenters. The monoisotopic (exact) mass is 419 g/mol. The summed E-state index contributed by atoms with van der Waals surface area (Å²) in [6.07, 6.45) is 0.498. The summed E-state index contributed by atoms with van der Waals surface area (Å²) in [7, 11) is 0. The second-order valence-corrected chi connectivity index (χ2v) is 8.30. The van der Waals surface area contributed by atoms with E-state index in [-0.39, 0.29) is 5.92 Å². The van der Waals surface area contributed by atoms with Crippen molar-refractivity contribution in [3.8, 4) is 0 Å². The number of guanidine groups is 1. The van der Waals surface area contributed by atoms with E-state index in [0.29, 0.717) is 19.6 Å². The number of aryl methyl sites for hydroxylation is 1. The molecule has 0 radical (unpaired) electrons. The predicted octanol–water partition coefficient (Wildman–Crippen LogP) is 3.42. The van der Waals surface area contributed by atoms with Crippen LogP contribution in [-0.2, 0) is 12.8 Å². The van der Waals surface area contributed by atoms with Crippen molar-refractivity contribution in [3.05, 3.63) is 16.1 Å². The number of halogens is 3. The van der Waals surface area contributed by atoms with E-state index in [0.717, 1.165) is 49.9 Å². The smallest absolute Gasteiger partial charge is 0.357 e. The highest BCUT2D eigenvalue weighted by Gasteiger charge is 2.33. The topological polar surface area (TPSA) is 43.8 Å². The van der Waals surface area contributed by atoms with Crippen LogP contribution in [0.4, 0.5) is 13.2 Å². The van der Waals surface area contributed by atoms with E-state index in [9.17, 15) is 13.2 Å². The van der Waals surface area contributed by atoms with Gasteiger partial charge in [-0.3, -0.25) is 9.89 Å². The Morgan fingerprint density at radius 3 is 2.79 bits per heavy atom. The molecule has 5 nitrogen and oxygen atoms in total. The highest BCUT2D eigenvalue weighted by molar-refractivity contribution is 7.11. The molecular weight excluding hydrogens is 387 g/mol. The molecule has 1 aliphatic rings. The maximum Gasteiger partial charge on any atom is 0.401 e. The Kier molecular flexibility index (Phi) is 9.01. The van der Waals surface area contributed by atoms with Crippen LogP contribution in [0.15, 0.2) is 11.2 Å². The standard InChI is InChI=1S/C19H32F3N5S/c1-4-16-11-25-17(28-16)7-9-24-18(23-5-2)27-10-8-15(13-27)12-26(6-3)14-19(20,21)22/h11,15H,4-10,12-14H2,1-3H3,(H,23,24). The van der Waals surface area contributed by atoms with Crippen molar-refractivity contribution in [2.45, 2.75) is 46.2 Å². The highest BCUT2D eigenvalue weighted by atomic mass is 32.1. The molecule has 2 heterocycles. The SMILES string of the molecule is CCNC(=NCCc1ncc(CC)s1)N1CCC(CN(CC)CC(F)(F)F)C1. The second-order valence-electron chi connectivity index (χ2n) is 7.10. The Morgan fingerprint density at radius 1 is 1.39 bits per heavy atom. The summed E-state index contributed by atoms with van der Waals surface area (Å²) in [5.74, 6) is 1.09. The lowest BCUT2D eigenvalue weighted by molar-refractivity contribution is -0.146. The number of nitrogens with one attached hydrogen (secondary N) is 1. The molecule has 0 amide bonds. The van der Waals surface area contributed by atoms with Gasteiger partial charge in [0.15, 0.2) is 5.96 Å². The molecule has 160 valence electrons. The molecule has 1 saturated heterocycles. The minimum atomic E-state index is -4.14. The first-order valence-electron chi connectivity index (χ1n) is 10.1. The largest absolute Gasteiger partial charge is 0.401 e. The van der Waals surface area contributed by atoms with Gasteiger partial charge < -0.3 is 10.2 Å². The van der Waals surface area contributed by atoms with Crippen molar-refractivity contribution in [2.24, 2.45) is 10.9 Å². The third kappa shape index (κ3) is 7.58. The van der Waals surface area contributed by atoms with Gasteiger partial charge in [-0.05, 0) is 32.2 Å². The highest BCUT2D eigenvalue weighted by Crippen LogP contribution is 2.21. The average molecular weight is 420 g/mol. The zero-order chi connectivity index (χ0) is 20.6. The molecule has 1 unspecified atom stereocenters. The molecule has 1 aliphatic heterocycles. The average Bonchev–Trinajstić information content (AvgIpc) is 3.28. The summed E-state index contributed by atoms with van der Waals surface area (Å²) in [6, 6.07) is 0. The molecule has 0 aromatic carbocycles. The van der Waals surface area contributed by atoms with Gasteiger partial charge in [0, 0.05) is 50.2 Å². The Bertz CT molecular complexity index is 617. The zero-order valence-corrected chi connectivity index (χ0v) is 17.9. The Balaban J connectivity index is 1.87. The molecule has 0 saturated carbocycles. The van der Waals surface area contributed by atoms with Crippen molar-refractivity contribution >= 4 is 17.3 Å². The van der Waals surface area contributed by atoms with Gasteiger partial charge in [0.25, 0.3) is 0 Å². The van der Waals surface area contributed by atoms with E-state index in [4.69, 9.17) is 4.99 Å². The summed E-state index contributed by atoms with van der Waals surface area (Å²) in [6.45, 7) is 9.00. The van der Waals surface area contributed by atoms with Crippen molar-refractivity contribution in [1.29, 1.82) is 0 Å². The van der Waals surface area contributed by atoms with Gasteiger partial charge in [0.1, 0.15) is 0 Å². The molecule has 1 aromatic heterocycles. The molecular formula is C19H32F3N5S. The number of hydrogen-bond donors (Lipinski definition) is 1. The third-order valence-electron chi connectivity index (χ3n) is 4.82. The maximum atomic E-state index is 12.7. The second kappa shape index (κ2) is 11.0. The number of rotatable bonds is 9. The number of thiazole rings is 1. The number of aromatic nitrogens is 1. The van der Waals surface area contributed by atoms with Crippen LogP contribution < -0.4 is 5.32 Å². The number of alkyl halides is 3. The molecule has 0 aliphatic carbocycles. The lowest BCUT2D eigenvalue weighted by atomic mass is 10.1. The predicted molar refractivity (Wildman–Crippen MR) is 109 cm³/mol. The van der Waals surface area contributed by atoms with Crippen molar-refractivity contribution in [2.75, 3.05) is 45.8 Å². The zero-order valence-electron chi connectivity index (χ0n) is 17.1. The van der Waals surface area contributed by atoms with Crippen LogP contribution in [0.2, 0.25) is 0 Å². The molecule has 1 fully saturated rings. The van der Waals surface area contributed by atoms with Crippen LogP contribution in [0.1, 0.15) is 37.1 Å². The molecule has 1 aromatic rings. The lowest BCUT2D eigenvalue weighted by Crippen LogP contribution is -2.42. The van der Waals surface area contributed by atoms with Crippen molar-refractivity contribution in [1.82, 2.24) is 20.1 Å². The first-order chi connectivity index (χ1) is 13.3. The molecule has 1 N–H and O–H groups in total. The number of hydrogen-bond acceptors (Lipinski definition) is 4. The molecule has 2 rings (SSSR count).